The van der Waals surface area contributed by atoms with Gasteiger partial charge in [0.05, 0.1) is 15.6 Å². The Morgan fingerprint density at radius 3 is 2.17 bits per heavy atom. The van der Waals surface area contributed by atoms with Gasteiger partial charge in [0.15, 0.2) is 6.29 Å². The molecular weight excluding hydrogens is 314 g/mol. The van der Waals surface area contributed by atoms with Crippen LogP contribution in [-0.2, 0) is 0 Å². The van der Waals surface area contributed by atoms with E-state index in [9.17, 15) is 4.79 Å². The van der Waals surface area contributed by atoms with Crippen LogP contribution in [0.1, 0.15) is 10.4 Å². The molecule has 0 heterocycles. The molecule has 2 rings (SSSR count). The Morgan fingerprint density at radius 2 is 1.50 bits per heavy atom. The molecular formula is C13H6Cl4O. The minimum Gasteiger partial charge on any atom is -0.298 e. The lowest BCUT2D eigenvalue weighted by atomic mass is 10.0. The molecule has 0 aliphatic carbocycles. The van der Waals surface area contributed by atoms with Gasteiger partial charge < -0.3 is 0 Å². The highest BCUT2D eigenvalue weighted by Crippen LogP contribution is 2.38. The highest BCUT2D eigenvalue weighted by atomic mass is 35.5. The number of carbonyl (C=O) groups is 1. The van der Waals surface area contributed by atoms with Gasteiger partial charge in [-0.25, -0.2) is 0 Å². The highest BCUT2D eigenvalue weighted by Gasteiger charge is 2.14. The highest BCUT2D eigenvalue weighted by molar-refractivity contribution is 6.41. The first-order valence-electron chi connectivity index (χ1n) is 4.93. The van der Waals surface area contributed by atoms with Crippen molar-refractivity contribution < 1.29 is 4.79 Å². The van der Waals surface area contributed by atoms with Crippen LogP contribution in [0.5, 0.6) is 0 Å². The van der Waals surface area contributed by atoms with Crippen LogP contribution in [0.3, 0.4) is 0 Å². The molecule has 0 aliphatic rings. The molecule has 0 bridgehead atoms. The van der Waals surface area contributed by atoms with Crippen LogP contribution in [0.4, 0.5) is 0 Å². The van der Waals surface area contributed by atoms with E-state index in [4.69, 9.17) is 46.4 Å². The quantitative estimate of drug-likeness (QED) is 0.641. The molecule has 18 heavy (non-hydrogen) atoms. The summed E-state index contributed by atoms with van der Waals surface area (Å²) in [4.78, 5) is 11.0. The monoisotopic (exact) mass is 318 g/mol. The van der Waals surface area contributed by atoms with E-state index in [1.807, 2.05) is 0 Å². The Labute approximate surface area is 124 Å². The zero-order valence-electron chi connectivity index (χ0n) is 8.88. The average molecular weight is 320 g/mol. The Kier molecular flexibility index (Phi) is 4.18. The number of aldehydes is 1. The van der Waals surface area contributed by atoms with Crippen molar-refractivity contribution in [2.45, 2.75) is 0 Å². The fourth-order valence-corrected chi connectivity index (χ4v) is 2.54. The third-order valence-electron chi connectivity index (χ3n) is 2.46. The van der Waals surface area contributed by atoms with Gasteiger partial charge >= 0.3 is 0 Å². The molecule has 0 fully saturated rings. The minimum atomic E-state index is 0.242. The van der Waals surface area contributed by atoms with Crippen molar-refractivity contribution in [3.63, 3.8) is 0 Å². The molecule has 0 aliphatic heterocycles. The first kappa shape index (κ1) is 13.7. The summed E-state index contributed by atoms with van der Waals surface area (Å²) >= 11 is 24.1. The van der Waals surface area contributed by atoms with E-state index >= 15 is 0 Å². The van der Waals surface area contributed by atoms with Gasteiger partial charge in [0.2, 0.25) is 0 Å². The van der Waals surface area contributed by atoms with Gasteiger partial charge in [-0.15, -0.1) is 0 Å². The Bertz CT molecular complexity index is 623. The van der Waals surface area contributed by atoms with Crippen LogP contribution in [-0.4, -0.2) is 6.29 Å². The van der Waals surface area contributed by atoms with Crippen molar-refractivity contribution in [2.24, 2.45) is 0 Å². The SMILES string of the molecule is O=Cc1c(Cl)ccc(-c2cc(Cl)ccc2Cl)c1Cl. The summed E-state index contributed by atoms with van der Waals surface area (Å²) < 4.78 is 0. The lowest BCUT2D eigenvalue weighted by Crippen LogP contribution is -1.89. The molecule has 2 aromatic carbocycles. The molecule has 0 radical (unpaired) electrons. The summed E-state index contributed by atoms with van der Waals surface area (Å²) in [6.07, 6.45) is 0.618. The van der Waals surface area contributed by atoms with Gasteiger partial charge in [0.1, 0.15) is 0 Å². The first-order chi connectivity index (χ1) is 8.54. The van der Waals surface area contributed by atoms with Gasteiger partial charge in [0, 0.05) is 21.2 Å². The predicted octanol–water partition coefficient (Wildman–Crippen LogP) is 5.78. The van der Waals surface area contributed by atoms with Crippen LogP contribution in [0.25, 0.3) is 11.1 Å². The van der Waals surface area contributed by atoms with E-state index < -0.39 is 0 Å². The molecule has 0 unspecified atom stereocenters. The van der Waals surface area contributed by atoms with Crippen LogP contribution >= 0.6 is 46.4 Å². The van der Waals surface area contributed by atoms with Gasteiger partial charge in [-0.2, -0.15) is 0 Å². The van der Waals surface area contributed by atoms with Gasteiger partial charge in [-0.05, 0) is 24.3 Å². The Hall–Kier alpha value is -0.730. The molecule has 1 nitrogen and oxygen atoms in total. The number of benzene rings is 2. The molecule has 0 saturated carbocycles. The second-order valence-electron chi connectivity index (χ2n) is 3.56. The fourth-order valence-electron chi connectivity index (χ4n) is 1.59. The van der Waals surface area contributed by atoms with E-state index in [1.165, 1.54) is 0 Å². The van der Waals surface area contributed by atoms with Crippen LogP contribution in [0, 0.1) is 0 Å². The second kappa shape index (κ2) is 5.50. The van der Waals surface area contributed by atoms with Crippen molar-refractivity contribution in [1.82, 2.24) is 0 Å². The normalized spacial score (nSPS) is 10.4. The number of carbonyl (C=O) groups excluding carboxylic acids is 1. The molecule has 0 atom stereocenters. The topological polar surface area (TPSA) is 17.1 Å². The molecule has 2 aromatic rings. The minimum absolute atomic E-state index is 0.242. The van der Waals surface area contributed by atoms with Crippen molar-refractivity contribution in [3.8, 4) is 11.1 Å². The Morgan fingerprint density at radius 1 is 0.833 bits per heavy atom. The van der Waals surface area contributed by atoms with Gasteiger partial charge in [-0.1, -0.05) is 52.5 Å². The second-order valence-corrected chi connectivity index (χ2v) is 5.19. The van der Waals surface area contributed by atoms with Crippen LogP contribution < -0.4 is 0 Å². The smallest absolute Gasteiger partial charge is 0.153 e. The van der Waals surface area contributed by atoms with Crippen LogP contribution in [0.15, 0.2) is 30.3 Å². The molecule has 0 amide bonds. The van der Waals surface area contributed by atoms with Gasteiger partial charge in [0.25, 0.3) is 0 Å². The molecule has 92 valence electrons. The van der Waals surface area contributed by atoms with Gasteiger partial charge in [-0.3, -0.25) is 4.79 Å². The van der Waals surface area contributed by atoms with E-state index in [0.717, 1.165) is 0 Å². The zero-order chi connectivity index (χ0) is 13.3. The maximum atomic E-state index is 11.0. The van der Waals surface area contributed by atoms with E-state index in [2.05, 4.69) is 0 Å². The largest absolute Gasteiger partial charge is 0.298 e. The average Bonchev–Trinajstić information content (AvgIpc) is 2.34. The Balaban J connectivity index is 2.72. The summed E-state index contributed by atoms with van der Waals surface area (Å²) in [5.41, 5.74) is 1.52. The summed E-state index contributed by atoms with van der Waals surface area (Å²) in [5, 5.41) is 1.60. The predicted molar refractivity (Wildman–Crippen MR) is 77.3 cm³/mol. The lowest BCUT2D eigenvalue weighted by Gasteiger charge is -2.10. The summed E-state index contributed by atoms with van der Waals surface area (Å²) in [6, 6.07) is 8.34. The summed E-state index contributed by atoms with van der Waals surface area (Å²) in [5.74, 6) is 0. The molecule has 5 heteroatoms. The molecule has 0 N–H and O–H groups in total. The number of halogens is 4. The maximum Gasteiger partial charge on any atom is 0.153 e. The third-order valence-corrected chi connectivity index (χ3v) is 3.76. The van der Waals surface area contributed by atoms with Crippen molar-refractivity contribution in [1.29, 1.82) is 0 Å². The standard InChI is InChI=1S/C13H6Cl4O/c14-7-1-3-11(15)9(5-7)8-2-4-12(16)10(6-18)13(8)17/h1-6H. The number of hydrogen-bond acceptors (Lipinski definition) is 1. The number of rotatable bonds is 2. The summed E-state index contributed by atoms with van der Waals surface area (Å²) in [6.45, 7) is 0. The zero-order valence-corrected chi connectivity index (χ0v) is 11.9. The van der Waals surface area contributed by atoms with Crippen molar-refractivity contribution in [2.75, 3.05) is 0 Å². The molecule has 0 saturated heterocycles. The maximum absolute atomic E-state index is 11.0. The van der Waals surface area contributed by atoms with E-state index in [0.29, 0.717) is 32.5 Å². The van der Waals surface area contributed by atoms with E-state index in [1.54, 1.807) is 30.3 Å². The van der Waals surface area contributed by atoms with Crippen LogP contribution in [0.2, 0.25) is 20.1 Å². The third kappa shape index (κ3) is 2.50. The molecule has 0 spiro atoms. The fraction of sp³-hybridized carbons (Fsp3) is 0. The summed E-state index contributed by atoms with van der Waals surface area (Å²) in [7, 11) is 0. The van der Waals surface area contributed by atoms with Crippen molar-refractivity contribution >= 4 is 52.7 Å². The first-order valence-corrected chi connectivity index (χ1v) is 6.44. The number of hydrogen-bond donors (Lipinski definition) is 0. The lowest BCUT2D eigenvalue weighted by molar-refractivity contribution is 0.112. The van der Waals surface area contributed by atoms with Crippen molar-refractivity contribution in [3.05, 3.63) is 56.0 Å². The van der Waals surface area contributed by atoms with E-state index in [-0.39, 0.29) is 10.6 Å². The molecule has 0 aromatic heterocycles.